The van der Waals surface area contributed by atoms with E-state index in [9.17, 15) is 4.79 Å². The Kier molecular flexibility index (Phi) is 6.37. The van der Waals surface area contributed by atoms with Crippen molar-refractivity contribution in [1.82, 2.24) is 19.8 Å². The number of carbonyl (C=O) groups is 1. The van der Waals surface area contributed by atoms with Crippen LogP contribution in [0, 0.1) is 0 Å². The van der Waals surface area contributed by atoms with Crippen molar-refractivity contribution in [3.05, 3.63) is 90.0 Å². The van der Waals surface area contributed by atoms with Crippen LogP contribution in [0.4, 0.5) is 0 Å². The van der Waals surface area contributed by atoms with Gasteiger partial charge in [0.05, 0.1) is 0 Å². The highest BCUT2D eigenvalue weighted by Gasteiger charge is 2.22. The van der Waals surface area contributed by atoms with Crippen molar-refractivity contribution in [2.75, 3.05) is 13.1 Å². The van der Waals surface area contributed by atoms with E-state index in [1.165, 1.54) is 5.56 Å². The SMILES string of the molecule is O=C(NC1CCN(Cc2ccccc2)CC1)c1cccn1CCc1ccccn1. The van der Waals surface area contributed by atoms with Crippen molar-refractivity contribution in [3.63, 3.8) is 0 Å². The second kappa shape index (κ2) is 9.52. The van der Waals surface area contributed by atoms with Crippen LogP contribution in [-0.2, 0) is 19.5 Å². The zero-order valence-electron chi connectivity index (χ0n) is 16.7. The van der Waals surface area contributed by atoms with Crippen molar-refractivity contribution in [2.24, 2.45) is 0 Å². The van der Waals surface area contributed by atoms with Gasteiger partial charge in [0, 0.05) is 56.7 Å². The number of amides is 1. The summed E-state index contributed by atoms with van der Waals surface area (Å²) < 4.78 is 2.02. The summed E-state index contributed by atoms with van der Waals surface area (Å²) in [6.07, 6.45) is 6.58. The summed E-state index contributed by atoms with van der Waals surface area (Å²) in [5, 5.41) is 3.24. The molecule has 2 aromatic heterocycles. The maximum Gasteiger partial charge on any atom is 0.268 e. The molecule has 1 aromatic carbocycles. The highest BCUT2D eigenvalue weighted by atomic mass is 16.2. The normalized spacial score (nSPS) is 15.3. The minimum Gasteiger partial charge on any atom is -0.348 e. The molecule has 0 bridgehead atoms. The third-order valence-corrected chi connectivity index (χ3v) is 5.57. The third-order valence-electron chi connectivity index (χ3n) is 5.57. The Balaban J connectivity index is 1.26. The number of piperidine rings is 1. The molecule has 1 aliphatic heterocycles. The van der Waals surface area contributed by atoms with Crippen molar-refractivity contribution in [2.45, 2.75) is 38.4 Å². The van der Waals surface area contributed by atoms with Crippen molar-refractivity contribution in [1.29, 1.82) is 0 Å². The molecule has 1 fully saturated rings. The van der Waals surface area contributed by atoms with Gasteiger partial charge >= 0.3 is 0 Å². The smallest absolute Gasteiger partial charge is 0.268 e. The fourth-order valence-electron chi connectivity index (χ4n) is 3.93. The zero-order valence-corrected chi connectivity index (χ0v) is 16.7. The Labute approximate surface area is 172 Å². The van der Waals surface area contributed by atoms with Crippen LogP contribution in [-0.4, -0.2) is 39.5 Å². The van der Waals surface area contributed by atoms with Crippen molar-refractivity contribution in [3.8, 4) is 0 Å². The lowest BCUT2D eigenvalue weighted by Crippen LogP contribution is -2.44. The number of rotatable bonds is 7. The molecular formula is C24H28N4O. The number of pyridine rings is 1. The molecule has 5 nitrogen and oxygen atoms in total. The summed E-state index contributed by atoms with van der Waals surface area (Å²) in [7, 11) is 0. The Morgan fingerprint density at radius 2 is 1.79 bits per heavy atom. The van der Waals surface area contributed by atoms with Crippen LogP contribution in [0.5, 0.6) is 0 Å². The highest BCUT2D eigenvalue weighted by molar-refractivity contribution is 5.92. The molecule has 3 heterocycles. The summed E-state index contributed by atoms with van der Waals surface area (Å²) >= 11 is 0. The fourth-order valence-corrected chi connectivity index (χ4v) is 3.93. The van der Waals surface area contributed by atoms with Crippen LogP contribution < -0.4 is 5.32 Å². The van der Waals surface area contributed by atoms with Gasteiger partial charge in [-0.25, -0.2) is 0 Å². The predicted octanol–water partition coefficient (Wildman–Crippen LogP) is 3.52. The predicted molar refractivity (Wildman–Crippen MR) is 115 cm³/mol. The molecule has 150 valence electrons. The molecule has 0 aliphatic carbocycles. The molecule has 0 spiro atoms. The molecule has 1 aliphatic rings. The van der Waals surface area contributed by atoms with Gasteiger partial charge in [-0.15, -0.1) is 0 Å². The number of aryl methyl sites for hydroxylation is 2. The number of nitrogens with zero attached hydrogens (tertiary/aromatic N) is 3. The van der Waals surface area contributed by atoms with Crippen LogP contribution in [0.2, 0.25) is 0 Å². The number of benzene rings is 1. The van der Waals surface area contributed by atoms with Crippen LogP contribution in [0.1, 0.15) is 34.6 Å². The second-order valence-corrected chi connectivity index (χ2v) is 7.67. The van der Waals surface area contributed by atoms with E-state index in [4.69, 9.17) is 0 Å². The largest absolute Gasteiger partial charge is 0.348 e. The van der Waals surface area contributed by atoms with Gasteiger partial charge < -0.3 is 9.88 Å². The summed E-state index contributed by atoms with van der Waals surface area (Å²) in [6.45, 7) is 3.77. The summed E-state index contributed by atoms with van der Waals surface area (Å²) in [6, 6.07) is 20.6. The molecule has 1 saturated heterocycles. The quantitative estimate of drug-likeness (QED) is 0.674. The number of likely N-dealkylation sites (tertiary alicyclic amines) is 1. The molecule has 29 heavy (non-hydrogen) atoms. The van der Waals surface area contributed by atoms with Gasteiger partial charge in [0.15, 0.2) is 0 Å². The molecule has 0 radical (unpaired) electrons. The molecule has 1 amide bonds. The van der Waals surface area contributed by atoms with Crippen LogP contribution in [0.15, 0.2) is 73.1 Å². The topological polar surface area (TPSA) is 50.2 Å². The number of nitrogens with one attached hydrogen (secondary N) is 1. The molecule has 0 saturated carbocycles. The fraction of sp³-hybridized carbons (Fsp3) is 0.333. The van der Waals surface area contributed by atoms with E-state index >= 15 is 0 Å². The summed E-state index contributed by atoms with van der Waals surface area (Å²) in [5.74, 6) is 0.0255. The Morgan fingerprint density at radius 1 is 1.00 bits per heavy atom. The van der Waals surface area contributed by atoms with Gasteiger partial charge in [0.1, 0.15) is 5.69 Å². The summed E-state index contributed by atoms with van der Waals surface area (Å²) in [4.78, 5) is 19.6. The molecular weight excluding hydrogens is 360 g/mol. The third kappa shape index (κ3) is 5.33. The number of hydrogen-bond donors (Lipinski definition) is 1. The lowest BCUT2D eigenvalue weighted by Gasteiger charge is -2.32. The van der Waals surface area contributed by atoms with Gasteiger partial charge in [-0.1, -0.05) is 36.4 Å². The highest BCUT2D eigenvalue weighted by Crippen LogP contribution is 2.15. The molecule has 3 aromatic rings. The van der Waals surface area contributed by atoms with Crippen LogP contribution >= 0.6 is 0 Å². The Hall–Kier alpha value is -2.92. The van der Waals surface area contributed by atoms with E-state index in [2.05, 4.69) is 45.5 Å². The second-order valence-electron chi connectivity index (χ2n) is 7.67. The van der Waals surface area contributed by atoms with Crippen molar-refractivity contribution < 1.29 is 4.79 Å². The lowest BCUT2D eigenvalue weighted by atomic mass is 10.0. The zero-order chi connectivity index (χ0) is 19.9. The van der Waals surface area contributed by atoms with E-state index in [0.717, 1.165) is 56.8 Å². The Morgan fingerprint density at radius 3 is 2.55 bits per heavy atom. The lowest BCUT2D eigenvalue weighted by molar-refractivity contribution is 0.0899. The molecule has 0 atom stereocenters. The van der Waals surface area contributed by atoms with Gasteiger partial charge in [0.2, 0.25) is 0 Å². The molecule has 1 N–H and O–H groups in total. The average molecular weight is 389 g/mol. The first kappa shape index (κ1) is 19.4. The standard InChI is InChI=1S/C24H28N4O/c29-24(23-10-6-15-28(23)18-13-21-9-4-5-14-25-21)26-22-11-16-27(17-12-22)19-20-7-2-1-3-8-20/h1-10,14-15,22H,11-13,16-19H2,(H,26,29). The van der Waals surface area contributed by atoms with Gasteiger partial charge in [-0.3, -0.25) is 14.7 Å². The first-order chi connectivity index (χ1) is 14.3. The van der Waals surface area contributed by atoms with Crippen molar-refractivity contribution >= 4 is 5.91 Å². The number of hydrogen-bond acceptors (Lipinski definition) is 3. The molecule has 5 heteroatoms. The maximum absolute atomic E-state index is 12.8. The first-order valence-electron chi connectivity index (χ1n) is 10.4. The minimum atomic E-state index is 0.0255. The van der Waals surface area contributed by atoms with Gasteiger partial charge in [-0.05, 0) is 42.7 Å². The van der Waals surface area contributed by atoms with E-state index in [-0.39, 0.29) is 11.9 Å². The number of aromatic nitrogens is 2. The van der Waals surface area contributed by atoms with Crippen LogP contribution in [0.25, 0.3) is 0 Å². The maximum atomic E-state index is 12.8. The average Bonchev–Trinajstić information content (AvgIpc) is 3.24. The van der Waals surface area contributed by atoms with Gasteiger partial charge in [-0.2, -0.15) is 0 Å². The van der Waals surface area contributed by atoms with E-state index in [0.29, 0.717) is 0 Å². The van der Waals surface area contributed by atoms with E-state index < -0.39 is 0 Å². The number of carbonyl (C=O) groups excluding carboxylic acids is 1. The molecule has 4 rings (SSSR count). The van der Waals surface area contributed by atoms with E-state index in [1.807, 2.05) is 47.3 Å². The monoisotopic (exact) mass is 388 g/mol. The first-order valence-corrected chi connectivity index (χ1v) is 10.4. The van der Waals surface area contributed by atoms with Gasteiger partial charge in [0.25, 0.3) is 5.91 Å². The minimum absolute atomic E-state index is 0.0255. The molecule has 0 unspecified atom stereocenters. The Bertz CT molecular complexity index is 899. The van der Waals surface area contributed by atoms with E-state index in [1.54, 1.807) is 0 Å². The summed E-state index contributed by atoms with van der Waals surface area (Å²) in [5.41, 5.74) is 3.12. The van der Waals surface area contributed by atoms with Crippen LogP contribution in [0.3, 0.4) is 0 Å².